The molecule has 0 atom stereocenters. The van der Waals surface area contributed by atoms with Crippen LogP contribution in [0.5, 0.6) is 0 Å². The molecule has 1 nitrogen and oxygen atoms in total. The molecule has 0 saturated carbocycles. The molecule has 0 unspecified atom stereocenters. The lowest BCUT2D eigenvalue weighted by molar-refractivity contribution is 1.49. The zero-order valence-electron chi connectivity index (χ0n) is 10.9. The van der Waals surface area contributed by atoms with Crippen molar-refractivity contribution >= 4 is 21.8 Å². The van der Waals surface area contributed by atoms with Gasteiger partial charge in [-0.3, -0.25) is 0 Å². The summed E-state index contributed by atoms with van der Waals surface area (Å²) in [5.74, 6) is 0. The third-order valence-corrected chi connectivity index (χ3v) is 3.57. The molecule has 0 saturated heterocycles. The van der Waals surface area contributed by atoms with Gasteiger partial charge in [0, 0.05) is 16.3 Å². The summed E-state index contributed by atoms with van der Waals surface area (Å²) >= 11 is 0. The van der Waals surface area contributed by atoms with Crippen LogP contribution < -0.4 is 0 Å². The number of aromatic nitrogens is 1. The molecular weight excluding hydrogens is 242 g/mol. The molecular formula is C19H12N. The van der Waals surface area contributed by atoms with E-state index in [1.54, 1.807) is 0 Å². The van der Waals surface area contributed by atoms with Crippen LogP contribution in [-0.4, -0.2) is 4.98 Å². The molecule has 1 radical (unpaired) electrons. The predicted molar refractivity (Wildman–Crippen MR) is 83.5 cm³/mol. The molecule has 1 aromatic heterocycles. The normalized spacial score (nSPS) is 11.0. The fourth-order valence-corrected chi connectivity index (χ4v) is 2.68. The van der Waals surface area contributed by atoms with Crippen molar-refractivity contribution < 1.29 is 0 Å². The molecule has 0 fully saturated rings. The van der Waals surface area contributed by atoms with Gasteiger partial charge in [-0.05, 0) is 23.8 Å². The summed E-state index contributed by atoms with van der Waals surface area (Å²) in [6, 6.07) is 28.0. The van der Waals surface area contributed by atoms with E-state index >= 15 is 0 Å². The van der Waals surface area contributed by atoms with Crippen molar-refractivity contribution in [1.82, 2.24) is 4.98 Å². The van der Waals surface area contributed by atoms with Crippen molar-refractivity contribution in [3.63, 3.8) is 0 Å². The van der Waals surface area contributed by atoms with Gasteiger partial charge < -0.3 is 0 Å². The number of rotatable bonds is 1. The highest BCUT2D eigenvalue weighted by Crippen LogP contribution is 2.33. The minimum Gasteiger partial charge on any atom is -0.248 e. The third-order valence-electron chi connectivity index (χ3n) is 3.57. The van der Waals surface area contributed by atoms with Gasteiger partial charge in [-0.2, -0.15) is 0 Å². The summed E-state index contributed by atoms with van der Waals surface area (Å²) in [4.78, 5) is 4.75. The molecule has 0 aliphatic heterocycles. The molecule has 0 amide bonds. The third kappa shape index (κ3) is 1.68. The van der Waals surface area contributed by atoms with Gasteiger partial charge in [0.15, 0.2) is 0 Å². The van der Waals surface area contributed by atoms with Gasteiger partial charge in [-0.25, -0.2) is 4.98 Å². The van der Waals surface area contributed by atoms with Gasteiger partial charge in [0.2, 0.25) is 0 Å². The Morgan fingerprint density at radius 2 is 1.25 bits per heavy atom. The number of nitrogens with zero attached hydrogens (tertiary/aromatic N) is 1. The van der Waals surface area contributed by atoms with Crippen molar-refractivity contribution in [2.75, 3.05) is 0 Å². The first-order valence-corrected chi connectivity index (χ1v) is 6.68. The Bertz CT molecular complexity index is 841. The Labute approximate surface area is 117 Å². The van der Waals surface area contributed by atoms with Crippen LogP contribution in [0.2, 0.25) is 0 Å². The molecule has 1 heterocycles. The van der Waals surface area contributed by atoms with E-state index in [9.17, 15) is 0 Å². The number of para-hydroxylation sites is 2. The monoisotopic (exact) mass is 254 g/mol. The second-order valence-corrected chi connectivity index (χ2v) is 4.80. The average Bonchev–Trinajstić information content (AvgIpc) is 2.53. The van der Waals surface area contributed by atoms with Crippen LogP contribution in [0, 0.1) is 6.07 Å². The number of fused-ring (bicyclic) bond motifs is 2. The fraction of sp³-hybridized carbons (Fsp3) is 0. The maximum Gasteiger partial charge on any atom is 0.0715 e. The Hall–Kier alpha value is -2.67. The van der Waals surface area contributed by atoms with Crippen LogP contribution in [0.15, 0.2) is 72.8 Å². The van der Waals surface area contributed by atoms with Crippen LogP contribution in [0.1, 0.15) is 0 Å². The van der Waals surface area contributed by atoms with E-state index in [2.05, 4.69) is 54.6 Å². The van der Waals surface area contributed by atoms with E-state index in [4.69, 9.17) is 4.98 Å². The molecule has 0 bridgehead atoms. The van der Waals surface area contributed by atoms with Gasteiger partial charge in [-0.15, -0.1) is 0 Å². The molecule has 0 aliphatic rings. The highest BCUT2D eigenvalue weighted by molar-refractivity contribution is 6.09. The summed E-state index contributed by atoms with van der Waals surface area (Å²) in [6.07, 6.45) is 0. The zero-order valence-corrected chi connectivity index (χ0v) is 10.9. The van der Waals surface area contributed by atoms with E-state index in [1.165, 1.54) is 16.3 Å². The van der Waals surface area contributed by atoms with Gasteiger partial charge in [0.25, 0.3) is 0 Å². The van der Waals surface area contributed by atoms with E-state index in [0.717, 1.165) is 16.6 Å². The predicted octanol–water partition coefficient (Wildman–Crippen LogP) is 4.86. The molecule has 4 aromatic rings. The van der Waals surface area contributed by atoms with Crippen molar-refractivity contribution in [2.24, 2.45) is 0 Å². The first kappa shape index (κ1) is 11.2. The minimum atomic E-state index is 1.03. The van der Waals surface area contributed by atoms with E-state index in [-0.39, 0.29) is 0 Å². The van der Waals surface area contributed by atoms with Crippen LogP contribution in [0.3, 0.4) is 0 Å². The molecule has 4 rings (SSSR count). The van der Waals surface area contributed by atoms with E-state index < -0.39 is 0 Å². The molecule has 20 heavy (non-hydrogen) atoms. The SMILES string of the molecule is [c]1ccccc1-c1c2ccccc2nc2ccccc12. The van der Waals surface area contributed by atoms with Crippen molar-refractivity contribution in [1.29, 1.82) is 0 Å². The van der Waals surface area contributed by atoms with E-state index in [0.29, 0.717) is 0 Å². The minimum absolute atomic E-state index is 1.03. The van der Waals surface area contributed by atoms with Gasteiger partial charge in [0.05, 0.1) is 11.0 Å². The summed E-state index contributed by atoms with van der Waals surface area (Å²) in [5.41, 5.74) is 4.38. The molecule has 0 spiro atoms. The second-order valence-electron chi connectivity index (χ2n) is 4.80. The lowest BCUT2D eigenvalue weighted by Gasteiger charge is -2.10. The summed E-state index contributed by atoms with van der Waals surface area (Å²) in [7, 11) is 0. The summed E-state index contributed by atoms with van der Waals surface area (Å²) < 4.78 is 0. The zero-order chi connectivity index (χ0) is 13.4. The molecule has 3 aromatic carbocycles. The first-order valence-electron chi connectivity index (χ1n) is 6.68. The Morgan fingerprint density at radius 1 is 0.650 bits per heavy atom. The van der Waals surface area contributed by atoms with Gasteiger partial charge in [0.1, 0.15) is 0 Å². The van der Waals surface area contributed by atoms with Crippen LogP contribution in [0.4, 0.5) is 0 Å². The smallest absolute Gasteiger partial charge is 0.0715 e. The maximum atomic E-state index is 4.75. The first-order chi connectivity index (χ1) is 9.93. The number of hydrogen-bond donors (Lipinski definition) is 0. The lowest BCUT2D eigenvalue weighted by atomic mass is 9.96. The Kier molecular flexibility index (Phi) is 2.49. The summed E-state index contributed by atoms with van der Waals surface area (Å²) in [6.45, 7) is 0. The highest BCUT2D eigenvalue weighted by Gasteiger charge is 2.09. The molecule has 1 heteroatoms. The average molecular weight is 254 g/mol. The van der Waals surface area contributed by atoms with Crippen LogP contribution in [0.25, 0.3) is 32.9 Å². The quantitative estimate of drug-likeness (QED) is 0.442. The van der Waals surface area contributed by atoms with Crippen molar-refractivity contribution in [2.45, 2.75) is 0 Å². The molecule has 0 N–H and O–H groups in total. The molecule has 93 valence electrons. The van der Waals surface area contributed by atoms with Crippen LogP contribution in [-0.2, 0) is 0 Å². The van der Waals surface area contributed by atoms with E-state index in [1.807, 2.05) is 24.3 Å². The van der Waals surface area contributed by atoms with Crippen LogP contribution >= 0.6 is 0 Å². The number of hydrogen-bond acceptors (Lipinski definition) is 1. The van der Waals surface area contributed by atoms with Crippen molar-refractivity contribution in [3.8, 4) is 11.1 Å². The largest absolute Gasteiger partial charge is 0.248 e. The van der Waals surface area contributed by atoms with Crippen molar-refractivity contribution in [3.05, 3.63) is 78.9 Å². The maximum absolute atomic E-state index is 4.75. The summed E-state index contributed by atoms with van der Waals surface area (Å²) in [5, 5.41) is 2.35. The molecule has 0 aliphatic carbocycles. The Balaban J connectivity index is 2.24. The fourth-order valence-electron chi connectivity index (χ4n) is 2.68. The Morgan fingerprint density at radius 3 is 1.85 bits per heavy atom. The number of pyridine rings is 1. The highest BCUT2D eigenvalue weighted by atomic mass is 14.7. The van der Waals surface area contributed by atoms with Gasteiger partial charge in [-0.1, -0.05) is 60.7 Å². The lowest BCUT2D eigenvalue weighted by Crippen LogP contribution is -1.88. The second kappa shape index (κ2) is 4.46. The standard InChI is InChI=1S/C19H12N/c1-2-8-14(9-3-1)19-15-10-4-6-12-17(15)20-18-13-7-5-11-16(18)19/h1-8,10-13H. The van der Waals surface area contributed by atoms with Gasteiger partial charge >= 0.3 is 0 Å². The topological polar surface area (TPSA) is 12.9 Å². The number of benzene rings is 3.